The summed E-state index contributed by atoms with van der Waals surface area (Å²) in [5.41, 5.74) is 7.00. The Balaban J connectivity index is 2.33. The van der Waals surface area contributed by atoms with Crippen molar-refractivity contribution in [2.24, 2.45) is 0 Å². The van der Waals surface area contributed by atoms with Gasteiger partial charge in [-0.3, -0.25) is 4.98 Å². The minimum absolute atomic E-state index is 1.00. The number of allylic oxidation sites excluding steroid dienone is 3. The van der Waals surface area contributed by atoms with Crippen LogP contribution < -0.4 is 5.32 Å². The van der Waals surface area contributed by atoms with Gasteiger partial charge in [0.25, 0.3) is 0 Å². The number of nitrogens with zero attached hydrogens (tertiary/aromatic N) is 1. The van der Waals surface area contributed by atoms with Crippen molar-refractivity contribution >= 4 is 17.5 Å². The average molecular weight is 292 g/mol. The van der Waals surface area contributed by atoms with Crippen LogP contribution in [0.2, 0.25) is 0 Å². The second kappa shape index (κ2) is 7.60. The van der Waals surface area contributed by atoms with Crippen LogP contribution in [0, 0.1) is 13.8 Å². The van der Waals surface area contributed by atoms with Crippen LogP contribution in [0.15, 0.2) is 54.3 Å². The van der Waals surface area contributed by atoms with Crippen molar-refractivity contribution in [3.8, 4) is 0 Å². The molecule has 2 rings (SSSR count). The lowest BCUT2D eigenvalue weighted by Crippen LogP contribution is -1.97. The number of aryl methyl sites for hydroxylation is 2. The number of aromatic nitrogens is 1. The molecule has 1 aromatic heterocycles. The third kappa shape index (κ3) is 4.08. The number of nitrogens with one attached hydrogen (secondary N) is 1. The van der Waals surface area contributed by atoms with E-state index in [1.807, 2.05) is 19.2 Å². The molecule has 114 valence electrons. The lowest BCUT2D eigenvalue weighted by Gasteiger charge is -2.13. The highest BCUT2D eigenvalue weighted by Crippen LogP contribution is 2.26. The van der Waals surface area contributed by atoms with Gasteiger partial charge in [-0.05, 0) is 51.0 Å². The quantitative estimate of drug-likeness (QED) is 0.703. The van der Waals surface area contributed by atoms with Crippen molar-refractivity contribution < 1.29 is 0 Å². The van der Waals surface area contributed by atoms with Crippen LogP contribution in [0.1, 0.15) is 37.1 Å². The minimum Gasteiger partial charge on any atom is -0.354 e. The summed E-state index contributed by atoms with van der Waals surface area (Å²) in [4.78, 5) is 4.33. The maximum atomic E-state index is 4.33. The molecule has 0 aliphatic rings. The number of benzene rings is 1. The molecule has 0 bridgehead atoms. The Labute approximate surface area is 133 Å². The van der Waals surface area contributed by atoms with E-state index >= 15 is 0 Å². The predicted molar refractivity (Wildman–Crippen MR) is 96.5 cm³/mol. The largest absolute Gasteiger partial charge is 0.354 e. The summed E-state index contributed by atoms with van der Waals surface area (Å²) in [5, 5.41) is 3.50. The van der Waals surface area contributed by atoms with Gasteiger partial charge in [0.1, 0.15) is 0 Å². The van der Waals surface area contributed by atoms with Crippen LogP contribution in [0.25, 0.3) is 6.08 Å². The fraction of sp³-hybridized carbons (Fsp3) is 0.250. The van der Waals surface area contributed by atoms with E-state index in [0.29, 0.717) is 0 Å². The summed E-state index contributed by atoms with van der Waals surface area (Å²) in [7, 11) is 0. The molecular weight excluding hydrogens is 268 g/mol. The summed E-state index contributed by atoms with van der Waals surface area (Å²) in [6, 6.07) is 10.3. The molecule has 2 aromatic rings. The van der Waals surface area contributed by atoms with Crippen LogP contribution in [0.4, 0.5) is 11.4 Å². The first-order chi connectivity index (χ1) is 10.6. The summed E-state index contributed by atoms with van der Waals surface area (Å²) in [5.74, 6) is 0. The van der Waals surface area contributed by atoms with E-state index in [-0.39, 0.29) is 0 Å². The molecule has 1 aromatic carbocycles. The molecule has 1 heterocycles. The molecule has 0 saturated heterocycles. The van der Waals surface area contributed by atoms with Gasteiger partial charge in [-0.2, -0.15) is 0 Å². The zero-order valence-electron chi connectivity index (χ0n) is 13.9. The molecule has 0 fully saturated rings. The number of rotatable bonds is 5. The normalized spacial score (nSPS) is 11.9. The lowest BCUT2D eigenvalue weighted by molar-refractivity contribution is 1.10. The van der Waals surface area contributed by atoms with Gasteiger partial charge in [-0.15, -0.1) is 0 Å². The first-order valence-corrected chi connectivity index (χ1v) is 7.74. The highest BCUT2D eigenvalue weighted by atomic mass is 14.9. The minimum atomic E-state index is 1.00. The van der Waals surface area contributed by atoms with Crippen molar-refractivity contribution in [1.29, 1.82) is 0 Å². The highest BCUT2D eigenvalue weighted by molar-refractivity contribution is 5.75. The zero-order chi connectivity index (χ0) is 15.9. The third-order valence-corrected chi connectivity index (χ3v) is 3.80. The van der Waals surface area contributed by atoms with Crippen LogP contribution >= 0.6 is 0 Å². The van der Waals surface area contributed by atoms with Gasteiger partial charge in [0.05, 0.1) is 11.4 Å². The van der Waals surface area contributed by atoms with E-state index in [4.69, 9.17) is 0 Å². The summed E-state index contributed by atoms with van der Waals surface area (Å²) >= 11 is 0. The number of hydrogen-bond donors (Lipinski definition) is 1. The molecular formula is C20H24N2. The van der Waals surface area contributed by atoms with E-state index in [2.05, 4.69) is 73.6 Å². The molecule has 2 nitrogen and oxygen atoms in total. The molecule has 0 aliphatic carbocycles. The first kappa shape index (κ1) is 16.0. The van der Waals surface area contributed by atoms with Crippen molar-refractivity contribution in [2.45, 2.75) is 34.1 Å². The second-order valence-corrected chi connectivity index (χ2v) is 5.52. The van der Waals surface area contributed by atoms with Crippen molar-refractivity contribution in [3.05, 3.63) is 71.1 Å². The molecule has 0 unspecified atom stereocenters. The SMILES string of the molecule is CC/C(C)=C/C=C\c1c(C)cccc1Nc1cccnc1C. The van der Waals surface area contributed by atoms with Crippen molar-refractivity contribution in [2.75, 3.05) is 5.32 Å². The molecule has 0 atom stereocenters. The van der Waals surface area contributed by atoms with E-state index in [1.54, 1.807) is 0 Å². The fourth-order valence-corrected chi connectivity index (χ4v) is 2.20. The Morgan fingerprint density at radius 1 is 1.14 bits per heavy atom. The third-order valence-electron chi connectivity index (χ3n) is 3.80. The van der Waals surface area contributed by atoms with E-state index in [9.17, 15) is 0 Å². The summed E-state index contributed by atoms with van der Waals surface area (Å²) < 4.78 is 0. The molecule has 0 radical (unpaired) electrons. The number of hydrogen-bond acceptors (Lipinski definition) is 2. The smallest absolute Gasteiger partial charge is 0.0607 e. The van der Waals surface area contributed by atoms with Gasteiger partial charge >= 0.3 is 0 Å². The first-order valence-electron chi connectivity index (χ1n) is 7.74. The summed E-state index contributed by atoms with van der Waals surface area (Å²) in [6.45, 7) is 8.48. The standard InChI is InChI=1S/C20H24N2/c1-5-15(2)9-6-11-18-16(3)10-7-12-20(18)22-19-13-8-14-21-17(19)4/h6-14,22H,5H2,1-4H3/b11-6-,15-9+. The Morgan fingerprint density at radius 2 is 1.91 bits per heavy atom. The van der Waals surface area contributed by atoms with E-state index in [1.165, 1.54) is 16.7 Å². The van der Waals surface area contributed by atoms with Crippen LogP contribution in [-0.4, -0.2) is 4.98 Å². The van der Waals surface area contributed by atoms with Crippen LogP contribution in [0.5, 0.6) is 0 Å². The van der Waals surface area contributed by atoms with E-state index < -0.39 is 0 Å². The van der Waals surface area contributed by atoms with Gasteiger partial charge < -0.3 is 5.32 Å². The molecule has 0 saturated carbocycles. The van der Waals surface area contributed by atoms with Crippen LogP contribution in [0.3, 0.4) is 0 Å². The highest BCUT2D eigenvalue weighted by Gasteiger charge is 2.04. The maximum absolute atomic E-state index is 4.33. The molecule has 0 aliphatic heterocycles. The molecule has 2 heteroatoms. The van der Waals surface area contributed by atoms with Crippen LogP contribution in [-0.2, 0) is 0 Å². The van der Waals surface area contributed by atoms with Gasteiger partial charge in [-0.1, -0.05) is 42.9 Å². The van der Waals surface area contributed by atoms with Gasteiger partial charge in [0, 0.05) is 17.4 Å². The van der Waals surface area contributed by atoms with Gasteiger partial charge in [0.15, 0.2) is 0 Å². The Morgan fingerprint density at radius 3 is 2.64 bits per heavy atom. The maximum Gasteiger partial charge on any atom is 0.0607 e. The summed E-state index contributed by atoms with van der Waals surface area (Å²) in [6.07, 6.45) is 9.37. The second-order valence-electron chi connectivity index (χ2n) is 5.52. The Bertz CT molecular complexity index is 697. The molecule has 0 amide bonds. The lowest BCUT2D eigenvalue weighted by atomic mass is 10.0. The topological polar surface area (TPSA) is 24.9 Å². The molecule has 0 spiro atoms. The predicted octanol–water partition coefficient (Wildman–Crippen LogP) is 5.81. The molecule has 1 N–H and O–H groups in total. The van der Waals surface area contributed by atoms with E-state index in [0.717, 1.165) is 23.5 Å². The Hall–Kier alpha value is -2.35. The zero-order valence-corrected chi connectivity index (χ0v) is 13.9. The van der Waals surface area contributed by atoms with Crippen molar-refractivity contribution in [3.63, 3.8) is 0 Å². The van der Waals surface area contributed by atoms with Gasteiger partial charge in [-0.25, -0.2) is 0 Å². The fourth-order valence-electron chi connectivity index (χ4n) is 2.20. The monoisotopic (exact) mass is 292 g/mol. The molecule has 22 heavy (non-hydrogen) atoms. The average Bonchev–Trinajstić information content (AvgIpc) is 2.52. The number of pyridine rings is 1. The Kier molecular flexibility index (Phi) is 5.54. The number of anilines is 2. The van der Waals surface area contributed by atoms with Crippen molar-refractivity contribution in [1.82, 2.24) is 4.98 Å². The van der Waals surface area contributed by atoms with Gasteiger partial charge in [0.2, 0.25) is 0 Å².